The Morgan fingerprint density at radius 1 is 1.03 bits per heavy atom. The zero-order valence-corrected chi connectivity index (χ0v) is 21.5. The maximum atomic E-state index is 13.3. The van der Waals surface area contributed by atoms with Gasteiger partial charge in [-0.1, -0.05) is 12.1 Å². The van der Waals surface area contributed by atoms with Crippen molar-refractivity contribution in [1.82, 2.24) is 29.2 Å². The number of anilines is 2. The summed E-state index contributed by atoms with van der Waals surface area (Å²) in [4.78, 5) is 40.9. The van der Waals surface area contributed by atoms with E-state index in [-0.39, 0.29) is 23.2 Å². The summed E-state index contributed by atoms with van der Waals surface area (Å²) in [5.41, 5.74) is 16.2. The Hall–Kier alpha value is -4.75. The first-order chi connectivity index (χ1) is 18.8. The lowest BCUT2D eigenvalue weighted by Gasteiger charge is -2.27. The first-order valence-corrected chi connectivity index (χ1v) is 12.4. The Morgan fingerprint density at radius 2 is 1.82 bits per heavy atom. The standard InChI is InChI=1S/C26H27N9O4/c1-14-22(39-15(2)29-14)24(37)32-26-31-19-12-16(23(27)36)6-7-20(19)34(26)35-21-17(13-33-8-10-38-11-9-33)4-3-5-18(21)30-25(35)28/h3-7,12H,8-11,13H2,1-2H3,(H2,27,36)(H2,28,30)(H,31,32,37). The maximum absolute atomic E-state index is 13.3. The van der Waals surface area contributed by atoms with E-state index < -0.39 is 11.8 Å². The Bertz CT molecular complexity index is 1740. The minimum atomic E-state index is -0.592. The largest absolute Gasteiger partial charge is 0.436 e. The number of para-hydroxylation sites is 1. The lowest BCUT2D eigenvalue weighted by molar-refractivity contribution is 0.0343. The molecule has 0 atom stereocenters. The molecule has 13 heteroatoms. The number of nitrogens with two attached hydrogens (primary N) is 2. The average molecular weight is 530 g/mol. The molecule has 1 aliphatic heterocycles. The highest BCUT2D eigenvalue weighted by Crippen LogP contribution is 2.29. The van der Waals surface area contributed by atoms with Gasteiger partial charge in [0.2, 0.25) is 23.6 Å². The van der Waals surface area contributed by atoms with E-state index in [4.69, 9.17) is 20.6 Å². The quantitative estimate of drug-likeness (QED) is 0.298. The van der Waals surface area contributed by atoms with Gasteiger partial charge in [0, 0.05) is 32.1 Å². The highest BCUT2D eigenvalue weighted by Gasteiger charge is 2.24. The van der Waals surface area contributed by atoms with Gasteiger partial charge in [0.15, 0.2) is 5.89 Å². The number of carbonyl (C=O) groups is 2. The molecule has 6 rings (SSSR count). The van der Waals surface area contributed by atoms with E-state index >= 15 is 0 Å². The summed E-state index contributed by atoms with van der Waals surface area (Å²) in [5, 5.41) is 2.83. The number of imidazole rings is 2. The number of nitrogens with zero attached hydrogens (tertiary/aromatic N) is 6. The molecule has 1 saturated heterocycles. The van der Waals surface area contributed by atoms with Crippen LogP contribution in [0.25, 0.3) is 22.1 Å². The van der Waals surface area contributed by atoms with Crippen LogP contribution in [0.4, 0.5) is 11.9 Å². The van der Waals surface area contributed by atoms with Crippen LogP contribution in [-0.2, 0) is 11.3 Å². The monoisotopic (exact) mass is 529 g/mol. The summed E-state index contributed by atoms with van der Waals surface area (Å²) in [6, 6.07) is 10.7. The third-order valence-corrected chi connectivity index (χ3v) is 6.71. The second kappa shape index (κ2) is 9.53. The van der Waals surface area contributed by atoms with Crippen LogP contribution in [-0.4, -0.2) is 67.3 Å². The molecule has 39 heavy (non-hydrogen) atoms. The number of oxazole rings is 1. The number of nitrogens with one attached hydrogen (secondary N) is 1. The molecule has 2 amide bonds. The Kier molecular flexibility index (Phi) is 6.00. The van der Waals surface area contributed by atoms with E-state index in [1.165, 1.54) is 0 Å². The first kappa shape index (κ1) is 24.6. The van der Waals surface area contributed by atoms with Crippen LogP contribution in [0, 0.1) is 13.8 Å². The number of ether oxygens (including phenoxy) is 1. The topological polar surface area (TPSA) is 172 Å². The van der Waals surface area contributed by atoms with Crippen molar-refractivity contribution in [3.8, 4) is 0 Å². The summed E-state index contributed by atoms with van der Waals surface area (Å²) in [5.74, 6) is -0.339. The van der Waals surface area contributed by atoms with Gasteiger partial charge in [-0.15, -0.1) is 0 Å². The van der Waals surface area contributed by atoms with Crippen molar-refractivity contribution in [2.45, 2.75) is 20.4 Å². The molecule has 5 aromatic rings. The Balaban J connectivity index is 1.54. The fourth-order valence-electron chi connectivity index (χ4n) is 4.93. The van der Waals surface area contributed by atoms with E-state index in [0.717, 1.165) is 24.2 Å². The summed E-state index contributed by atoms with van der Waals surface area (Å²) in [6.07, 6.45) is 0. The van der Waals surface area contributed by atoms with Crippen molar-refractivity contribution in [2.75, 3.05) is 37.4 Å². The molecule has 1 aliphatic rings. The van der Waals surface area contributed by atoms with Gasteiger partial charge in [0.05, 0.1) is 41.0 Å². The van der Waals surface area contributed by atoms with Crippen LogP contribution in [0.2, 0.25) is 0 Å². The maximum Gasteiger partial charge on any atom is 0.295 e. The fourth-order valence-corrected chi connectivity index (χ4v) is 4.93. The zero-order chi connectivity index (χ0) is 27.3. The normalized spacial score (nSPS) is 14.3. The van der Waals surface area contributed by atoms with Crippen LogP contribution >= 0.6 is 0 Å². The van der Waals surface area contributed by atoms with Crippen molar-refractivity contribution < 1.29 is 18.7 Å². The highest BCUT2D eigenvalue weighted by atomic mass is 16.5. The molecule has 0 aliphatic carbocycles. The number of benzene rings is 2. The number of hydrogen-bond donors (Lipinski definition) is 3. The van der Waals surface area contributed by atoms with E-state index in [1.54, 1.807) is 41.4 Å². The highest BCUT2D eigenvalue weighted by molar-refractivity contribution is 6.03. The molecule has 200 valence electrons. The van der Waals surface area contributed by atoms with Gasteiger partial charge >= 0.3 is 0 Å². The number of hydrogen-bond acceptors (Lipinski definition) is 9. The number of rotatable bonds is 6. The van der Waals surface area contributed by atoms with Gasteiger partial charge in [-0.25, -0.2) is 24.3 Å². The smallest absolute Gasteiger partial charge is 0.295 e. The van der Waals surface area contributed by atoms with E-state index in [2.05, 4.69) is 25.2 Å². The van der Waals surface area contributed by atoms with Crippen molar-refractivity contribution in [2.24, 2.45) is 5.73 Å². The van der Waals surface area contributed by atoms with E-state index in [0.29, 0.717) is 47.9 Å². The van der Waals surface area contributed by atoms with Gasteiger partial charge in [0.1, 0.15) is 0 Å². The second-order valence-corrected chi connectivity index (χ2v) is 9.37. The number of morpholine rings is 1. The molecule has 0 bridgehead atoms. The van der Waals surface area contributed by atoms with Gasteiger partial charge in [-0.3, -0.25) is 19.8 Å². The molecule has 0 radical (unpaired) electrons. The van der Waals surface area contributed by atoms with Gasteiger partial charge < -0.3 is 20.6 Å². The molecule has 1 fully saturated rings. The predicted octanol–water partition coefficient (Wildman–Crippen LogP) is 2.07. The van der Waals surface area contributed by atoms with Crippen molar-refractivity contribution in [1.29, 1.82) is 0 Å². The number of primary amides is 1. The van der Waals surface area contributed by atoms with Gasteiger partial charge in [0.25, 0.3) is 5.91 Å². The number of fused-ring (bicyclic) bond motifs is 2. The number of amides is 2. The minimum absolute atomic E-state index is 0.0698. The number of nitrogen functional groups attached to an aromatic ring is 1. The van der Waals surface area contributed by atoms with Crippen LogP contribution < -0.4 is 16.8 Å². The summed E-state index contributed by atoms with van der Waals surface area (Å²) >= 11 is 0. The molecule has 3 aromatic heterocycles. The molecule has 5 N–H and O–H groups in total. The van der Waals surface area contributed by atoms with Crippen LogP contribution in [0.15, 0.2) is 40.8 Å². The van der Waals surface area contributed by atoms with Crippen LogP contribution in [0.3, 0.4) is 0 Å². The number of aromatic nitrogens is 5. The Morgan fingerprint density at radius 3 is 2.54 bits per heavy atom. The molecular formula is C26H27N9O4. The summed E-state index contributed by atoms with van der Waals surface area (Å²) in [7, 11) is 0. The predicted molar refractivity (Wildman–Crippen MR) is 143 cm³/mol. The van der Waals surface area contributed by atoms with Crippen molar-refractivity contribution in [3.63, 3.8) is 0 Å². The summed E-state index contributed by atoms with van der Waals surface area (Å²) < 4.78 is 14.4. The van der Waals surface area contributed by atoms with Crippen molar-refractivity contribution in [3.05, 3.63) is 64.9 Å². The molecule has 0 unspecified atom stereocenters. The minimum Gasteiger partial charge on any atom is -0.436 e. The lowest BCUT2D eigenvalue weighted by atomic mass is 10.1. The molecule has 4 heterocycles. The SMILES string of the molecule is Cc1nc(C)c(C(=O)Nc2nc3cc(C(N)=O)ccc3n2-n2c(N)nc3cccc(CN4CCOCC4)c32)o1. The lowest BCUT2D eigenvalue weighted by Crippen LogP contribution is -2.35. The molecular weight excluding hydrogens is 502 g/mol. The molecule has 0 spiro atoms. The zero-order valence-electron chi connectivity index (χ0n) is 21.5. The summed E-state index contributed by atoms with van der Waals surface area (Å²) in [6.45, 7) is 6.96. The first-order valence-electron chi connectivity index (χ1n) is 12.4. The van der Waals surface area contributed by atoms with Gasteiger partial charge in [-0.05, 0) is 36.8 Å². The average Bonchev–Trinajstić information content (AvgIpc) is 3.55. The molecule has 13 nitrogen and oxygen atoms in total. The van der Waals surface area contributed by atoms with E-state index in [9.17, 15) is 9.59 Å². The van der Waals surface area contributed by atoms with Crippen LogP contribution in [0.5, 0.6) is 0 Å². The fraction of sp³-hybridized carbons (Fsp3) is 0.269. The Labute approximate surface area is 222 Å². The number of carbonyl (C=O) groups excluding carboxylic acids is 2. The van der Waals surface area contributed by atoms with Crippen LogP contribution in [0.1, 0.15) is 38.1 Å². The second-order valence-electron chi connectivity index (χ2n) is 9.37. The third-order valence-electron chi connectivity index (χ3n) is 6.71. The van der Waals surface area contributed by atoms with Crippen molar-refractivity contribution >= 4 is 45.8 Å². The molecule has 2 aromatic carbocycles. The molecule has 0 saturated carbocycles. The van der Waals surface area contributed by atoms with Gasteiger partial charge in [-0.2, -0.15) is 0 Å². The number of aryl methyl sites for hydroxylation is 2. The third kappa shape index (κ3) is 4.36. The van der Waals surface area contributed by atoms with E-state index in [1.807, 2.05) is 18.2 Å².